The maximum Gasteiger partial charge on any atom is 0.253 e. The Labute approximate surface area is 165 Å². The number of carbonyl (C=O) groups excluding carboxylic acids is 1. The van der Waals surface area contributed by atoms with Gasteiger partial charge in [-0.25, -0.2) is 0 Å². The predicted octanol–water partition coefficient (Wildman–Crippen LogP) is 4.48. The molecule has 1 aromatic heterocycles. The van der Waals surface area contributed by atoms with E-state index >= 15 is 0 Å². The van der Waals surface area contributed by atoms with Crippen molar-refractivity contribution in [2.45, 2.75) is 19.9 Å². The van der Waals surface area contributed by atoms with Gasteiger partial charge in [-0.15, -0.1) is 0 Å². The number of carbonyl (C=O) groups is 1. The largest absolute Gasteiger partial charge is 0.497 e. The van der Waals surface area contributed by atoms with Gasteiger partial charge in [0.15, 0.2) is 0 Å². The van der Waals surface area contributed by atoms with Gasteiger partial charge in [-0.3, -0.25) is 9.78 Å². The Morgan fingerprint density at radius 1 is 0.964 bits per heavy atom. The first-order valence-electron chi connectivity index (χ1n) is 9.29. The van der Waals surface area contributed by atoms with Gasteiger partial charge in [-0.2, -0.15) is 0 Å². The lowest BCUT2D eigenvalue weighted by Gasteiger charge is -2.09. The molecule has 5 heteroatoms. The first-order chi connectivity index (χ1) is 13.7. The smallest absolute Gasteiger partial charge is 0.253 e. The molecule has 0 saturated carbocycles. The summed E-state index contributed by atoms with van der Waals surface area (Å²) in [6.45, 7) is 3.22. The van der Waals surface area contributed by atoms with Crippen molar-refractivity contribution in [1.82, 2.24) is 10.3 Å². The van der Waals surface area contributed by atoms with E-state index in [4.69, 9.17) is 9.47 Å². The second kappa shape index (κ2) is 9.55. The monoisotopic (exact) mass is 376 g/mol. The maximum atomic E-state index is 12.5. The Balaban J connectivity index is 1.62. The first-order valence-corrected chi connectivity index (χ1v) is 9.29. The van der Waals surface area contributed by atoms with E-state index in [0.29, 0.717) is 18.7 Å². The number of pyridine rings is 1. The zero-order valence-corrected chi connectivity index (χ0v) is 16.1. The summed E-state index contributed by atoms with van der Waals surface area (Å²) < 4.78 is 10.8. The van der Waals surface area contributed by atoms with Gasteiger partial charge in [-0.05, 0) is 47.9 Å². The molecule has 3 rings (SSSR count). The number of benzene rings is 2. The molecule has 28 heavy (non-hydrogen) atoms. The van der Waals surface area contributed by atoms with Crippen LogP contribution in [-0.4, -0.2) is 24.6 Å². The molecule has 0 aliphatic carbocycles. The van der Waals surface area contributed by atoms with Crippen molar-refractivity contribution in [3.63, 3.8) is 0 Å². The molecule has 5 nitrogen and oxygen atoms in total. The van der Waals surface area contributed by atoms with Crippen LogP contribution >= 0.6 is 0 Å². The van der Waals surface area contributed by atoms with Crippen LogP contribution in [0, 0.1) is 0 Å². The Morgan fingerprint density at radius 2 is 1.68 bits per heavy atom. The van der Waals surface area contributed by atoms with Gasteiger partial charge >= 0.3 is 0 Å². The number of amides is 1. The van der Waals surface area contributed by atoms with E-state index in [1.54, 1.807) is 19.5 Å². The molecule has 0 radical (unpaired) electrons. The summed E-state index contributed by atoms with van der Waals surface area (Å²) in [5.74, 6) is 1.47. The van der Waals surface area contributed by atoms with Crippen molar-refractivity contribution in [3.8, 4) is 22.6 Å². The van der Waals surface area contributed by atoms with E-state index < -0.39 is 0 Å². The molecule has 2 aromatic carbocycles. The average Bonchev–Trinajstić information content (AvgIpc) is 2.77. The number of hydrogen-bond donors (Lipinski definition) is 1. The highest BCUT2D eigenvalue weighted by atomic mass is 16.5. The van der Waals surface area contributed by atoms with Crippen molar-refractivity contribution in [1.29, 1.82) is 0 Å². The fourth-order valence-corrected chi connectivity index (χ4v) is 2.71. The van der Waals surface area contributed by atoms with Crippen LogP contribution in [0.25, 0.3) is 11.1 Å². The fourth-order valence-electron chi connectivity index (χ4n) is 2.71. The Hall–Kier alpha value is -3.34. The highest BCUT2D eigenvalue weighted by Gasteiger charge is 2.08. The lowest BCUT2D eigenvalue weighted by Crippen LogP contribution is -2.22. The number of nitrogens with one attached hydrogen (secondary N) is 1. The van der Waals surface area contributed by atoms with E-state index in [-0.39, 0.29) is 5.91 Å². The van der Waals surface area contributed by atoms with Crippen LogP contribution in [0.2, 0.25) is 0 Å². The summed E-state index contributed by atoms with van der Waals surface area (Å²) in [6, 6.07) is 17.2. The molecule has 144 valence electrons. The van der Waals surface area contributed by atoms with Crippen LogP contribution in [0.15, 0.2) is 67.0 Å². The highest BCUT2D eigenvalue weighted by Crippen LogP contribution is 2.22. The number of hydrogen-bond acceptors (Lipinski definition) is 4. The molecule has 0 fully saturated rings. The minimum Gasteiger partial charge on any atom is -0.497 e. The minimum atomic E-state index is -0.158. The normalized spacial score (nSPS) is 10.4. The molecule has 3 aromatic rings. The summed E-state index contributed by atoms with van der Waals surface area (Å²) in [6.07, 6.45) is 4.29. The average molecular weight is 376 g/mol. The second-order valence-corrected chi connectivity index (χ2v) is 6.37. The molecule has 0 spiro atoms. The molecule has 0 bridgehead atoms. The molecule has 1 heterocycles. The SMILES string of the molecule is CCCOc1ccc(CNC(=O)c2cncc(-c3ccc(OC)cc3)c2)cc1. The fraction of sp³-hybridized carbons (Fsp3) is 0.217. The molecule has 0 aliphatic rings. The molecule has 0 saturated heterocycles. The first kappa shape index (κ1) is 19.4. The van der Waals surface area contributed by atoms with E-state index in [0.717, 1.165) is 34.6 Å². The number of ether oxygens (including phenoxy) is 2. The molecule has 0 atom stereocenters. The minimum absolute atomic E-state index is 0.158. The van der Waals surface area contributed by atoms with Crippen molar-refractivity contribution in [2.24, 2.45) is 0 Å². The second-order valence-electron chi connectivity index (χ2n) is 6.37. The van der Waals surface area contributed by atoms with E-state index in [1.807, 2.05) is 54.6 Å². The predicted molar refractivity (Wildman–Crippen MR) is 110 cm³/mol. The zero-order chi connectivity index (χ0) is 19.8. The summed E-state index contributed by atoms with van der Waals surface area (Å²) in [5, 5.41) is 2.94. The van der Waals surface area contributed by atoms with Gasteiger partial charge < -0.3 is 14.8 Å². The van der Waals surface area contributed by atoms with E-state index in [1.165, 1.54) is 0 Å². The third-order valence-corrected chi connectivity index (χ3v) is 4.27. The van der Waals surface area contributed by atoms with Crippen molar-refractivity contribution >= 4 is 5.91 Å². The van der Waals surface area contributed by atoms with Crippen molar-refractivity contribution in [2.75, 3.05) is 13.7 Å². The number of aromatic nitrogens is 1. The standard InChI is InChI=1S/C23H24N2O3/c1-3-12-28-22-8-4-17(5-9-22)14-25-23(26)20-13-19(15-24-16-20)18-6-10-21(27-2)11-7-18/h4-11,13,15-16H,3,12,14H2,1-2H3,(H,25,26). The number of methoxy groups -OCH3 is 1. The summed E-state index contributed by atoms with van der Waals surface area (Å²) in [5.41, 5.74) is 3.39. The van der Waals surface area contributed by atoms with Crippen LogP contribution in [-0.2, 0) is 6.54 Å². The molecular weight excluding hydrogens is 352 g/mol. The summed E-state index contributed by atoms with van der Waals surface area (Å²) in [4.78, 5) is 16.7. The van der Waals surface area contributed by atoms with Gasteiger partial charge in [0.05, 0.1) is 19.3 Å². The lowest BCUT2D eigenvalue weighted by molar-refractivity contribution is 0.0950. The topological polar surface area (TPSA) is 60.5 Å². The Kier molecular flexibility index (Phi) is 6.63. The van der Waals surface area contributed by atoms with E-state index in [2.05, 4.69) is 17.2 Å². The maximum absolute atomic E-state index is 12.5. The third-order valence-electron chi connectivity index (χ3n) is 4.27. The van der Waals surface area contributed by atoms with Crippen LogP contribution in [0.1, 0.15) is 29.3 Å². The Bertz CT molecular complexity index is 906. The molecule has 0 unspecified atom stereocenters. The molecule has 1 N–H and O–H groups in total. The van der Waals surface area contributed by atoms with Gasteiger partial charge in [0.2, 0.25) is 0 Å². The molecular formula is C23H24N2O3. The van der Waals surface area contributed by atoms with Crippen LogP contribution in [0.5, 0.6) is 11.5 Å². The third kappa shape index (κ3) is 5.10. The lowest BCUT2D eigenvalue weighted by atomic mass is 10.1. The molecule has 1 amide bonds. The Morgan fingerprint density at radius 3 is 2.36 bits per heavy atom. The number of rotatable bonds is 8. The van der Waals surface area contributed by atoms with Crippen LogP contribution in [0.4, 0.5) is 0 Å². The van der Waals surface area contributed by atoms with Gasteiger partial charge in [0.1, 0.15) is 11.5 Å². The molecule has 0 aliphatic heterocycles. The van der Waals surface area contributed by atoms with Crippen LogP contribution in [0.3, 0.4) is 0 Å². The quantitative estimate of drug-likeness (QED) is 0.630. The van der Waals surface area contributed by atoms with Crippen molar-refractivity contribution in [3.05, 3.63) is 78.1 Å². The van der Waals surface area contributed by atoms with Gasteiger partial charge in [-0.1, -0.05) is 31.2 Å². The van der Waals surface area contributed by atoms with E-state index in [9.17, 15) is 4.79 Å². The number of nitrogens with zero attached hydrogens (tertiary/aromatic N) is 1. The highest BCUT2D eigenvalue weighted by molar-refractivity contribution is 5.95. The van der Waals surface area contributed by atoms with Crippen LogP contribution < -0.4 is 14.8 Å². The van der Waals surface area contributed by atoms with Gasteiger partial charge in [0, 0.05) is 24.5 Å². The zero-order valence-electron chi connectivity index (χ0n) is 16.1. The van der Waals surface area contributed by atoms with Gasteiger partial charge in [0.25, 0.3) is 5.91 Å². The summed E-state index contributed by atoms with van der Waals surface area (Å²) >= 11 is 0. The van der Waals surface area contributed by atoms with Crippen molar-refractivity contribution < 1.29 is 14.3 Å². The summed E-state index contributed by atoms with van der Waals surface area (Å²) in [7, 11) is 1.63.